The summed E-state index contributed by atoms with van der Waals surface area (Å²) in [4.78, 5) is 12.5. The molecule has 0 spiro atoms. The Morgan fingerprint density at radius 2 is 1.92 bits per heavy atom. The first-order valence-corrected chi connectivity index (χ1v) is 8.47. The number of hydrogen-bond acceptors (Lipinski definition) is 2. The second kappa shape index (κ2) is 5.93. The van der Waals surface area contributed by atoms with Gasteiger partial charge in [-0.1, -0.05) is 12.1 Å². The Morgan fingerprint density at radius 3 is 2.46 bits per heavy atom. The average molecular weight is 418 g/mol. The maximum atomic E-state index is 12.6. The second-order valence-electron chi connectivity index (χ2n) is 5.30. The van der Waals surface area contributed by atoms with Crippen molar-refractivity contribution in [1.29, 1.82) is 0 Å². The van der Waals surface area contributed by atoms with E-state index in [9.17, 15) is 23.1 Å². The third-order valence-corrected chi connectivity index (χ3v) is 5.96. The van der Waals surface area contributed by atoms with Crippen molar-refractivity contribution in [3.63, 3.8) is 0 Å². The van der Waals surface area contributed by atoms with Crippen molar-refractivity contribution in [3.8, 4) is 0 Å². The maximum Gasteiger partial charge on any atom is 0.416 e. The number of aromatic carboxylic acids is 1. The Bertz CT molecular complexity index is 926. The summed E-state index contributed by atoms with van der Waals surface area (Å²) in [6, 6.07) is 6.33. The Morgan fingerprint density at radius 1 is 1.29 bits per heavy atom. The summed E-state index contributed by atoms with van der Waals surface area (Å²) >= 11 is 4.93. The molecule has 0 saturated carbocycles. The highest BCUT2D eigenvalue weighted by Crippen LogP contribution is 2.38. The summed E-state index contributed by atoms with van der Waals surface area (Å²) in [5, 5.41) is 9.39. The number of hydrogen-bond donors (Lipinski definition) is 1. The number of carboxylic acids is 1. The number of benzene rings is 1. The zero-order valence-electron chi connectivity index (χ0n) is 12.3. The van der Waals surface area contributed by atoms with Gasteiger partial charge < -0.3 is 9.67 Å². The molecule has 0 saturated heterocycles. The number of aryl methyl sites for hydroxylation is 1. The van der Waals surface area contributed by atoms with Crippen LogP contribution in [0.2, 0.25) is 0 Å². The largest absolute Gasteiger partial charge is 0.477 e. The van der Waals surface area contributed by atoms with E-state index in [0.717, 1.165) is 31.7 Å². The third-order valence-electron chi connectivity index (χ3n) is 3.68. The number of rotatable bonds is 3. The predicted octanol–water partition coefficient (Wildman–Crippen LogP) is 5.54. The Kier molecular flexibility index (Phi) is 4.21. The Hall–Kier alpha value is -1.80. The van der Waals surface area contributed by atoms with Crippen molar-refractivity contribution in [1.82, 2.24) is 4.57 Å². The van der Waals surface area contributed by atoms with E-state index in [-0.39, 0.29) is 12.2 Å². The van der Waals surface area contributed by atoms with Gasteiger partial charge in [0.25, 0.3) is 0 Å². The van der Waals surface area contributed by atoms with E-state index in [0.29, 0.717) is 5.56 Å². The monoisotopic (exact) mass is 417 g/mol. The Labute approximate surface area is 147 Å². The maximum absolute atomic E-state index is 12.6. The number of halogens is 4. The van der Waals surface area contributed by atoms with Gasteiger partial charge in [0.15, 0.2) is 0 Å². The van der Waals surface area contributed by atoms with Crippen LogP contribution >= 0.6 is 27.3 Å². The van der Waals surface area contributed by atoms with Crippen LogP contribution in [0.4, 0.5) is 13.2 Å². The van der Waals surface area contributed by atoms with Gasteiger partial charge >= 0.3 is 12.1 Å². The molecule has 3 rings (SSSR count). The fraction of sp³-hybridized carbons (Fsp3) is 0.188. The molecule has 0 unspecified atom stereocenters. The van der Waals surface area contributed by atoms with Gasteiger partial charge in [0.05, 0.1) is 20.3 Å². The summed E-state index contributed by atoms with van der Waals surface area (Å²) in [6.07, 6.45) is -4.39. The minimum absolute atomic E-state index is 0.108. The molecule has 0 aliphatic rings. The highest BCUT2D eigenvalue weighted by molar-refractivity contribution is 9.10. The molecule has 0 aliphatic heterocycles. The molecule has 0 bridgehead atoms. The lowest BCUT2D eigenvalue weighted by Gasteiger charge is -2.11. The van der Waals surface area contributed by atoms with Crippen LogP contribution in [0.15, 0.2) is 34.8 Å². The van der Waals surface area contributed by atoms with Crippen molar-refractivity contribution in [2.75, 3.05) is 0 Å². The van der Waals surface area contributed by atoms with Crippen molar-refractivity contribution in [3.05, 3.63) is 56.5 Å². The molecule has 0 amide bonds. The van der Waals surface area contributed by atoms with Gasteiger partial charge in [0.2, 0.25) is 0 Å². The lowest BCUT2D eigenvalue weighted by Crippen LogP contribution is -2.10. The first-order chi connectivity index (χ1) is 11.2. The van der Waals surface area contributed by atoms with Gasteiger partial charge in [-0.3, -0.25) is 0 Å². The van der Waals surface area contributed by atoms with Crippen molar-refractivity contribution in [2.24, 2.45) is 0 Å². The Balaban J connectivity index is 2.05. The molecule has 3 aromatic rings. The summed E-state index contributed by atoms with van der Waals surface area (Å²) in [7, 11) is 0. The van der Waals surface area contributed by atoms with Gasteiger partial charge in [0, 0.05) is 11.4 Å². The van der Waals surface area contributed by atoms with Crippen LogP contribution < -0.4 is 0 Å². The van der Waals surface area contributed by atoms with E-state index in [1.165, 1.54) is 23.5 Å². The summed E-state index contributed by atoms with van der Waals surface area (Å²) < 4.78 is 41.2. The number of thiophene rings is 1. The van der Waals surface area contributed by atoms with Crippen LogP contribution in [0.1, 0.15) is 26.5 Å². The van der Waals surface area contributed by atoms with Gasteiger partial charge in [-0.2, -0.15) is 13.2 Å². The van der Waals surface area contributed by atoms with Gasteiger partial charge in [-0.05, 0) is 46.6 Å². The quantitative estimate of drug-likeness (QED) is 0.607. The topological polar surface area (TPSA) is 42.2 Å². The van der Waals surface area contributed by atoms with Crippen LogP contribution in [0.5, 0.6) is 0 Å². The molecule has 0 fully saturated rings. The van der Waals surface area contributed by atoms with Crippen LogP contribution in [0, 0.1) is 6.92 Å². The standard InChI is InChI=1S/C16H11BrF3NO2S/c1-8-13(17)14-12(24-8)6-11(15(22)23)21(14)7-9-2-4-10(5-3-9)16(18,19)20/h2-6H,7H2,1H3,(H,22,23). The average Bonchev–Trinajstić information content (AvgIpc) is 2.97. The van der Waals surface area contributed by atoms with Crippen molar-refractivity contribution >= 4 is 43.5 Å². The zero-order chi connectivity index (χ0) is 17.6. The molecule has 2 aromatic heterocycles. The molecular weight excluding hydrogens is 407 g/mol. The van der Waals surface area contributed by atoms with E-state index in [2.05, 4.69) is 15.9 Å². The molecule has 3 nitrogen and oxygen atoms in total. The second-order valence-corrected chi connectivity index (χ2v) is 7.35. The molecule has 0 radical (unpaired) electrons. The normalized spacial score (nSPS) is 12.0. The molecule has 1 N–H and O–H groups in total. The van der Waals surface area contributed by atoms with E-state index in [1.807, 2.05) is 6.92 Å². The molecule has 0 atom stereocenters. The van der Waals surface area contributed by atoms with Gasteiger partial charge in [-0.25, -0.2) is 4.79 Å². The van der Waals surface area contributed by atoms with Crippen molar-refractivity contribution < 1.29 is 23.1 Å². The summed E-state index contributed by atoms with van der Waals surface area (Å²) in [6.45, 7) is 2.09. The van der Waals surface area contributed by atoms with E-state index >= 15 is 0 Å². The highest BCUT2D eigenvalue weighted by Gasteiger charge is 2.30. The third kappa shape index (κ3) is 2.95. The highest BCUT2D eigenvalue weighted by atomic mass is 79.9. The van der Waals surface area contributed by atoms with E-state index < -0.39 is 17.7 Å². The van der Waals surface area contributed by atoms with E-state index in [4.69, 9.17) is 0 Å². The lowest BCUT2D eigenvalue weighted by molar-refractivity contribution is -0.137. The minimum Gasteiger partial charge on any atom is -0.477 e. The van der Waals surface area contributed by atoms with Crippen LogP contribution in [-0.2, 0) is 12.7 Å². The molecule has 2 heterocycles. The van der Waals surface area contributed by atoms with Gasteiger partial charge in [-0.15, -0.1) is 11.3 Å². The number of carbonyl (C=O) groups is 1. The first-order valence-electron chi connectivity index (χ1n) is 6.86. The summed E-state index contributed by atoms with van der Waals surface area (Å²) in [5.74, 6) is -1.07. The van der Waals surface area contributed by atoms with Gasteiger partial charge in [0.1, 0.15) is 5.69 Å². The first kappa shape index (κ1) is 17.0. The SMILES string of the molecule is Cc1sc2cc(C(=O)O)n(Cc3ccc(C(F)(F)F)cc3)c2c1Br. The zero-order valence-corrected chi connectivity index (χ0v) is 14.7. The smallest absolute Gasteiger partial charge is 0.416 e. The molecule has 24 heavy (non-hydrogen) atoms. The molecule has 8 heteroatoms. The number of fused-ring (bicyclic) bond motifs is 1. The minimum atomic E-state index is -4.39. The molecule has 0 aliphatic carbocycles. The summed E-state index contributed by atoms with van der Waals surface area (Å²) in [5.41, 5.74) is 0.723. The number of carboxylic acid groups (broad SMARTS) is 1. The predicted molar refractivity (Wildman–Crippen MR) is 89.8 cm³/mol. The fourth-order valence-electron chi connectivity index (χ4n) is 2.53. The number of alkyl halides is 3. The molecular formula is C16H11BrF3NO2S. The molecule has 1 aromatic carbocycles. The lowest BCUT2D eigenvalue weighted by atomic mass is 10.1. The van der Waals surface area contributed by atoms with Crippen LogP contribution in [-0.4, -0.2) is 15.6 Å². The number of aromatic nitrogens is 1. The molecule has 126 valence electrons. The fourth-order valence-corrected chi connectivity index (χ4v) is 4.33. The van der Waals surface area contributed by atoms with Crippen molar-refractivity contribution in [2.45, 2.75) is 19.6 Å². The van der Waals surface area contributed by atoms with E-state index in [1.54, 1.807) is 10.6 Å². The number of nitrogens with zero attached hydrogens (tertiary/aromatic N) is 1. The van der Waals surface area contributed by atoms with Crippen LogP contribution in [0.3, 0.4) is 0 Å². The van der Waals surface area contributed by atoms with Crippen LogP contribution in [0.25, 0.3) is 10.2 Å².